The van der Waals surface area contributed by atoms with Crippen molar-refractivity contribution in [3.8, 4) is 11.1 Å². The molecule has 4 aromatic carbocycles. The molecule has 266 valence electrons. The number of benzene rings is 4. The second-order valence-corrected chi connectivity index (χ2v) is 13.4. The van der Waals surface area contributed by atoms with Crippen molar-refractivity contribution >= 4 is 29.1 Å². The maximum absolute atomic E-state index is 14.6. The molecule has 51 heavy (non-hydrogen) atoms. The molecule has 3 amide bonds. The van der Waals surface area contributed by atoms with Crippen LogP contribution in [0.1, 0.15) is 68.7 Å². The molecule has 0 bridgehead atoms. The number of aliphatic imine (C=N–C) groups is 1. The summed E-state index contributed by atoms with van der Waals surface area (Å²) in [7, 11) is 0. The van der Waals surface area contributed by atoms with E-state index in [4.69, 9.17) is 10.7 Å². The number of hydrogen-bond donors (Lipinski definition) is 2. The summed E-state index contributed by atoms with van der Waals surface area (Å²) in [5.74, 6) is -2.87. The van der Waals surface area contributed by atoms with Crippen molar-refractivity contribution in [2.24, 2.45) is 28.5 Å². The van der Waals surface area contributed by atoms with Crippen LogP contribution in [0.15, 0.2) is 108 Å². The highest BCUT2D eigenvalue weighted by Crippen LogP contribution is 2.33. The minimum Gasteiger partial charge on any atom is -0.369 e. The molecule has 0 saturated carbocycles. The van der Waals surface area contributed by atoms with Gasteiger partial charge in [0.1, 0.15) is 0 Å². The van der Waals surface area contributed by atoms with Crippen LogP contribution in [0.25, 0.3) is 11.1 Å². The molecule has 1 heterocycles. The summed E-state index contributed by atoms with van der Waals surface area (Å²) in [6.07, 6.45) is -3.35. The lowest BCUT2D eigenvalue weighted by atomic mass is 9.81. The van der Waals surface area contributed by atoms with E-state index in [0.29, 0.717) is 40.9 Å². The molecule has 1 unspecified atom stereocenters. The number of nitrogens with one attached hydrogen (secondary N) is 1. The van der Waals surface area contributed by atoms with Crippen LogP contribution in [0.3, 0.4) is 0 Å². The molecule has 0 radical (unpaired) electrons. The predicted octanol–water partition coefficient (Wildman–Crippen LogP) is 8.15. The van der Waals surface area contributed by atoms with Gasteiger partial charge in [0.25, 0.3) is 5.91 Å². The number of hydrogen-bond acceptors (Lipinski definition) is 4. The first-order valence-corrected chi connectivity index (χ1v) is 17.3. The van der Waals surface area contributed by atoms with Gasteiger partial charge in [-0.05, 0) is 59.7 Å². The Labute approximate surface area is 296 Å². The van der Waals surface area contributed by atoms with Gasteiger partial charge in [0.15, 0.2) is 0 Å². The Balaban J connectivity index is 1.55. The van der Waals surface area contributed by atoms with E-state index in [9.17, 15) is 27.6 Å². The van der Waals surface area contributed by atoms with Crippen LogP contribution < -0.4 is 16.0 Å². The minimum absolute atomic E-state index is 0.0788. The fourth-order valence-corrected chi connectivity index (χ4v) is 6.57. The summed E-state index contributed by atoms with van der Waals surface area (Å²) in [6, 6.07) is 29.0. The van der Waals surface area contributed by atoms with Gasteiger partial charge in [0.2, 0.25) is 18.0 Å². The monoisotopic (exact) mass is 696 g/mol. The highest BCUT2D eigenvalue weighted by molar-refractivity contribution is 6.20. The molecule has 3 N–H and O–H groups in total. The molecular weight excluding hydrogens is 653 g/mol. The van der Waals surface area contributed by atoms with Gasteiger partial charge >= 0.3 is 6.18 Å². The normalized spacial score (nSPS) is 15.8. The quantitative estimate of drug-likeness (QED) is 0.147. The zero-order chi connectivity index (χ0) is 36.7. The average Bonchev–Trinajstić information content (AvgIpc) is 3.22. The first-order valence-electron chi connectivity index (χ1n) is 17.3. The van der Waals surface area contributed by atoms with Crippen molar-refractivity contribution in [1.29, 1.82) is 0 Å². The molecule has 7 nitrogen and oxygen atoms in total. The second-order valence-electron chi connectivity index (χ2n) is 13.4. The Bertz CT molecular complexity index is 1870. The molecule has 4 aromatic rings. The molecular formula is C41H43F3N4O3. The number of rotatable bonds is 13. The van der Waals surface area contributed by atoms with E-state index in [1.807, 2.05) is 87.5 Å². The van der Waals surface area contributed by atoms with Crippen molar-refractivity contribution in [3.05, 3.63) is 125 Å². The van der Waals surface area contributed by atoms with E-state index in [2.05, 4.69) is 5.32 Å². The van der Waals surface area contributed by atoms with Crippen LogP contribution in [-0.2, 0) is 27.1 Å². The first kappa shape index (κ1) is 37.0. The van der Waals surface area contributed by atoms with Crippen LogP contribution in [0.2, 0.25) is 0 Å². The minimum atomic E-state index is -4.45. The number of benzodiazepines with no additional fused rings is 1. The zero-order valence-electron chi connectivity index (χ0n) is 29.0. The van der Waals surface area contributed by atoms with Crippen LogP contribution in [0, 0.1) is 17.8 Å². The average molecular weight is 697 g/mol. The summed E-state index contributed by atoms with van der Waals surface area (Å²) >= 11 is 0. The number of halogens is 3. The number of nitrogens with zero attached hydrogens (tertiary/aromatic N) is 2. The lowest BCUT2D eigenvalue weighted by molar-refractivity contribution is -0.137. The van der Waals surface area contributed by atoms with Crippen LogP contribution in [0.5, 0.6) is 0 Å². The Hall–Kier alpha value is -5.25. The topological polar surface area (TPSA) is 105 Å². The summed E-state index contributed by atoms with van der Waals surface area (Å²) in [5, 5.41) is 2.91. The Morgan fingerprint density at radius 3 is 2.18 bits per heavy atom. The van der Waals surface area contributed by atoms with E-state index in [1.54, 1.807) is 17.0 Å². The van der Waals surface area contributed by atoms with Crippen molar-refractivity contribution in [1.82, 2.24) is 5.32 Å². The maximum atomic E-state index is 14.6. The van der Waals surface area contributed by atoms with E-state index in [0.717, 1.165) is 36.1 Å². The maximum Gasteiger partial charge on any atom is 0.416 e. The number of fused-ring (bicyclic) bond motifs is 1. The van der Waals surface area contributed by atoms with Gasteiger partial charge in [-0.2, -0.15) is 13.2 Å². The number of primary amides is 1. The molecule has 0 fully saturated rings. The Morgan fingerprint density at radius 2 is 1.53 bits per heavy atom. The molecule has 0 spiro atoms. The number of alkyl halides is 3. The van der Waals surface area contributed by atoms with E-state index >= 15 is 0 Å². The van der Waals surface area contributed by atoms with E-state index in [1.165, 1.54) is 12.1 Å². The van der Waals surface area contributed by atoms with Crippen LogP contribution in [-0.4, -0.2) is 29.6 Å². The van der Waals surface area contributed by atoms with E-state index < -0.39 is 47.5 Å². The summed E-state index contributed by atoms with van der Waals surface area (Å²) in [4.78, 5) is 47.9. The standard InChI is InChI=1S/C41H43F3N4O3/c1-4-5-16-32(37(45)49)34(23-26(2)3)39(50)47-38-40(51)48(35-18-10-9-17-33(35)36(46-38)29-13-7-6-8-14-29)25-27-12-11-15-30(24-27)28-19-21-31(22-20-28)41(42,43)44/h6-15,17-22,24,26,32,34,38H,4-5,16,23,25H2,1-3H3,(H2,45,49)(H,47,50)/t32-,34+,38?/m0/s1. The number of carbonyl (C=O) groups excluding carboxylic acids is 3. The van der Waals surface area contributed by atoms with Gasteiger partial charge in [-0.1, -0.05) is 112 Å². The summed E-state index contributed by atoms with van der Waals surface area (Å²) in [5.41, 5.74) is 9.64. The van der Waals surface area contributed by atoms with Crippen molar-refractivity contribution in [3.63, 3.8) is 0 Å². The number of nitrogens with two attached hydrogens (primary N) is 1. The molecule has 0 saturated heterocycles. The van der Waals surface area contributed by atoms with Crippen LogP contribution in [0.4, 0.5) is 18.9 Å². The second kappa shape index (κ2) is 16.2. The lowest BCUT2D eigenvalue weighted by Gasteiger charge is -2.29. The lowest BCUT2D eigenvalue weighted by Crippen LogP contribution is -2.50. The molecule has 0 aromatic heterocycles. The Kier molecular flexibility index (Phi) is 11.7. The molecule has 10 heteroatoms. The third kappa shape index (κ3) is 8.92. The number of carbonyl (C=O) groups is 3. The molecule has 1 aliphatic heterocycles. The fourth-order valence-electron chi connectivity index (χ4n) is 6.57. The van der Waals surface area contributed by atoms with Gasteiger partial charge in [-0.25, -0.2) is 4.99 Å². The van der Waals surface area contributed by atoms with Gasteiger partial charge in [-0.15, -0.1) is 0 Å². The highest BCUT2D eigenvalue weighted by atomic mass is 19.4. The molecule has 1 aliphatic rings. The van der Waals surface area contributed by atoms with Gasteiger partial charge in [0, 0.05) is 23.0 Å². The van der Waals surface area contributed by atoms with Crippen molar-refractivity contribution < 1.29 is 27.6 Å². The smallest absolute Gasteiger partial charge is 0.369 e. The van der Waals surface area contributed by atoms with Gasteiger partial charge in [-0.3, -0.25) is 14.4 Å². The zero-order valence-corrected chi connectivity index (χ0v) is 29.0. The molecule has 3 atom stereocenters. The third-order valence-corrected chi connectivity index (χ3v) is 9.13. The fraction of sp³-hybridized carbons (Fsp3) is 0.317. The molecule has 0 aliphatic carbocycles. The van der Waals surface area contributed by atoms with Gasteiger partial charge < -0.3 is 16.0 Å². The summed E-state index contributed by atoms with van der Waals surface area (Å²) in [6.45, 7) is 6.03. The number of amides is 3. The number of unbranched alkanes of at least 4 members (excludes halogenated alkanes) is 1. The number of para-hydroxylation sites is 1. The van der Waals surface area contributed by atoms with Crippen molar-refractivity contribution in [2.75, 3.05) is 4.90 Å². The van der Waals surface area contributed by atoms with Gasteiger partial charge in [0.05, 0.1) is 23.5 Å². The van der Waals surface area contributed by atoms with Crippen LogP contribution >= 0.6 is 0 Å². The highest BCUT2D eigenvalue weighted by Gasteiger charge is 2.38. The largest absolute Gasteiger partial charge is 0.416 e. The SMILES string of the molecule is CCCC[C@H](C(N)=O)[C@@H](CC(C)C)C(=O)NC1N=C(c2ccccc2)c2ccccc2N(Cc2cccc(-c3ccc(C(F)(F)F)cc3)c2)C1=O. The predicted molar refractivity (Wildman–Crippen MR) is 194 cm³/mol. The molecule has 5 rings (SSSR count). The number of anilines is 1. The van der Waals surface area contributed by atoms with Crippen molar-refractivity contribution in [2.45, 2.75) is 65.3 Å². The van der Waals surface area contributed by atoms with E-state index in [-0.39, 0.29) is 12.5 Å². The first-order chi connectivity index (χ1) is 24.4. The summed E-state index contributed by atoms with van der Waals surface area (Å²) < 4.78 is 39.6. The Morgan fingerprint density at radius 1 is 0.863 bits per heavy atom. The third-order valence-electron chi connectivity index (χ3n) is 9.13.